The molecule has 1 aliphatic rings. The lowest BCUT2D eigenvalue weighted by molar-refractivity contribution is -0.287. The molecule has 1 aromatic carbocycles. The van der Waals surface area contributed by atoms with Crippen molar-refractivity contribution < 1.29 is 57.5 Å². The lowest BCUT2D eigenvalue weighted by Gasteiger charge is -2.42. The first kappa shape index (κ1) is 26.5. The summed E-state index contributed by atoms with van der Waals surface area (Å²) >= 11 is 0. The lowest BCUT2D eigenvalue weighted by Crippen LogP contribution is -2.64. The number of esters is 4. The van der Waals surface area contributed by atoms with Gasteiger partial charge in [0.2, 0.25) is 12.4 Å². The SMILES string of the molecule is COC(=O)C1OC(OC(=O)Nc2ccc(CO)cc2)C(OC(C)=O)C(OC(C)=O)C1OC(C)=O. The van der Waals surface area contributed by atoms with Crippen LogP contribution in [0.5, 0.6) is 0 Å². The number of aliphatic hydroxyl groups excluding tert-OH is 1. The van der Waals surface area contributed by atoms with E-state index in [1.54, 1.807) is 12.1 Å². The maximum atomic E-state index is 12.5. The van der Waals surface area contributed by atoms with Crippen LogP contribution in [-0.4, -0.2) is 72.9 Å². The molecule has 0 aliphatic carbocycles. The van der Waals surface area contributed by atoms with Gasteiger partial charge >= 0.3 is 30.0 Å². The third-order valence-electron chi connectivity index (χ3n) is 4.44. The molecule has 1 aromatic rings. The number of ether oxygens (including phenoxy) is 6. The summed E-state index contributed by atoms with van der Waals surface area (Å²) in [5, 5.41) is 11.5. The molecule has 1 aliphatic heterocycles. The molecule has 13 nitrogen and oxygen atoms in total. The first-order valence-corrected chi connectivity index (χ1v) is 9.98. The number of anilines is 1. The minimum Gasteiger partial charge on any atom is -0.467 e. The maximum absolute atomic E-state index is 12.5. The van der Waals surface area contributed by atoms with Gasteiger partial charge in [-0.3, -0.25) is 19.7 Å². The minimum atomic E-state index is -1.76. The highest BCUT2D eigenvalue weighted by Crippen LogP contribution is 2.30. The molecule has 5 atom stereocenters. The van der Waals surface area contributed by atoms with Crippen LogP contribution < -0.4 is 5.32 Å². The Morgan fingerprint density at radius 2 is 1.38 bits per heavy atom. The fourth-order valence-corrected chi connectivity index (χ4v) is 3.12. The summed E-state index contributed by atoms with van der Waals surface area (Å²) in [6.07, 6.45) is -9.28. The first-order valence-electron chi connectivity index (χ1n) is 9.98. The molecule has 1 fully saturated rings. The Bertz CT molecular complexity index is 915. The molecule has 0 bridgehead atoms. The molecular formula is C21H25NO12. The van der Waals surface area contributed by atoms with E-state index in [9.17, 15) is 24.0 Å². The van der Waals surface area contributed by atoms with E-state index in [1.165, 1.54) is 12.1 Å². The zero-order valence-corrected chi connectivity index (χ0v) is 18.8. The van der Waals surface area contributed by atoms with Gasteiger partial charge in [-0.15, -0.1) is 0 Å². The molecule has 0 saturated carbocycles. The molecule has 1 saturated heterocycles. The van der Waals surface area contributed by atoms with E-state index in [4.69, 9.17) is 28.8 Å². The van der Waals surface area contributed by atoms with Crippen LogP contribution in [0.3, 0.4) is 0 Å². The smallest absolute Gasteiger partial charge is 0.414 e. The number of benzene rings is 1. The van der Waals surface area contributed by atoms with Crippen LogP contribution in [0.25, 0.3) is 0 Å². The molecule has 34 heavy (non-hydrogen) atoms. The van der Waals surface area contributed by atoms with Crippen molar-refractivity contribution in [1.29, 1.82) is 0 Å². The van der Waals surface area contributed by atoms with Gasteiger partial charge in [-0.25, -0.2) is 9.59 Å². The van der Waals surface area contributed by atoms with E-state index >= 15 is 0 Å². The monoisotopic (exact) mass is 483 g/mol. The van der Waals surface area contributed by atoms with Crippen LogP contribution in [0.15, 0.2) is 24.3 Å². The minimum absolute atomic E-state index is 0.194. The van der Waals surface area contributed by atoms with E-state index in [0.29, 0.717) is 11.3 Å². The van der Waals surface area contributed by atoms with Crippen molar-refractivity contribution in [2.45, 2.75) is 58.1 Å². The molecule has 0 radical (unpaired) electrons. The molecule has 186 valence electrons. The van der Waals surface area contributed by atoms with E-state index in [2.05, 4.69) is 10.1 Å². The first-order chi connectivity index (χ1) is 16.0. The number of rotatable bonds is 7. The lowest BCUT2D eigenvalue weighted by atomic mass is 9.97. The Balaban J connectivity index is 2.36. The number of methoxy groups -OCH3 is 1. The van der Waals surface area contributed by atoms with E-state index in [-0.39, 0.29) is 6.61 Å². The number of aliphatic hydroxyl groups is 1. The normalized spacial score (nSPS) is 23.7. The molecule has 13 heteroatoms. The highest BCUT2D eigenvalue weighted by Gasteiger charge is 2.56. The Morgan fingerprint density at radius 3 is 1.88 bits per heavy atom. The van der Waals surface area contributed by atoms with Crippen molar-refractivity contribution >= 4 is 35.7 Å². The van der Waals surface area contributed by atoms with E-state index in [0.717, 1.165) is 27.9 Å². The second-order valence-electron chi connectivity index (χ2n) is 7.06. The molecular weight excluding hydrogens is 458 g/mol. The number of carbonyl (C=O) groups is 5. The van der Waals surface area contributed by atoms with Crippen LogP contribution >= 0.6 is 0 Å². The van der Waals surface area contributed by atoms with Gasteiger partial charge < -0.3 is 33.5 Å². The van der Waals surface area contributed by atoms with Gasteiger partial charge in [-0.2, -0.15) is 0 Å². The molecule has 5 unspecified atom stereocenters. The van der Waals surface area contributed by atoms with Gasteiger partial charge in [-0.1, -0.05) is 12.1 Å². The summed E-state index contributed by atoms with van der Waals surface area (Å²) in [4.78, 5) is 60.0. The van der Waals surface area contributed by atoms with Crippen molar-refractivity contribution in [3.63, 3.8) is 0 Å². The summed E-state index contributed by atoms with van der Waals surface area (Å²) in [6, 6.07) is 6.10. The van der Waals surface area contributed by atoms with Crippen LogP contribution in [-0.2, 0) is 54.2 Å². The fourth-order valence-electron chi connectivity index (χ4n) is 3.12. The number of carbonyl (C=O) groups excluding carboxylic acids is 5. The Kier molecular flexibility index (Phi) is 9.33. The zero-order valence-electron chi connectivity index (χ0n) is 18.8. The highest BCUT2D eigenvalue weighted by atomic mass is 16.8. The third kappa shape index (κ3) is 7.15. The predicted molar refractivity (Wildman–Crippen MR) is 110 cm³/mol. The van der Waals surface area contributed by atoms with Gasteiger partial charge in [0, 0.05) is 26.5 Å². The Labute approximate surface area is 194 Å². The maximum Gasteiger partial charge on any atom is 0.414 e. The second-order valence-corrected chi connectivity index (χ2v) is 7.06. The summed E-state index contributed by atoms with van der Waals surface area (Å²) in [6.45, 7) is 2.92. The van der Waals surface area contributed by atoms with Crippen molar-refractivity contribution in [3.05, 3.63) is 29.8 Å². The van der Waals surface area contributed by atoms with Crippen LogP contribution in [0.4, 0.5) is 10.5 Å². The van der Waals surface area contributed by atoms with Crippen LogP contribution in [0, 0.1) is 0 Å². The summed E-state index contributed by atoms with van der Waals surface area (Å²) in [5.74, 6) is -3.61. The molecule has 0 spiro atoms. The number of hydrogen-bond donors (Lipinski definition) is 2. The zero-order chi connectivity index (χ0) is 25.4. The highest BCUT2D eigenvalue weighted by molar-refractivity contribution is 5.84. The standard InChI is InChI=1S/C21H25NO12/c1-10(24)30-15-16(31-11(2)25)18(32-12(3)26)20(33-17(15)19(27)29-4)34-21(28)22-14-7-5-13(9-23)6-8-14/h5-8,15-18,20,23H,9H2,1-4H3,(H,22,28). The molecule has 1 amide bonds. The van der Waals surface area contributed by atoms with Crippen molar-refractivity contribution in [1.82, 2.24) is 0 Å². The predicted octanol–water partition coefficient (Wildman–Crippen LogP) is 0.420. The molecule has 2 rings (SSSR count). The fraction of sp³-hybridized carbons (Fsp3) is 0.476. The van der Waals surface area contributed by atoms with Gasteiger partial charge in [0.15, 0.2) is 18.3 Å². The average molecular weight is 483 g/mol. The van der Waals surface area contributed by atoms with Gasteiger partial charge in [0.1, 0.15) is 0 Å². The molecule has 1 heterocycles. The van der Waals surface area contributed by atoms with Gasteiger partial charge in [0.05, 0.1) is 13.7 Å². The quantitative estimate of drug-likeness (QED) is 0.405. The topological polar surface area (TPSA) is 173 Å². The van der Waals surface area contributed by atoms with Crippen molar-refractivity contribution in [2.75, 3.05) is 12.4 Å². The van der Waals surface area contributed by atoms with Crippen molar-refractivity contribution in [2.24, 2.45) is 0 Å². The second kappa shape index (κ2) is 12.0. The van der Waals surface area contributed by atoms with Crippen LogP contribution in [0.2, 0.25) is 0 Å². The van der Waals surface area contributed by atoms with E-state index < -0.39 is 60.7 Å². The number of nitrogens with one attached hydrogen (secondary N) is 1. The van der Waals surface area contributed by atoms with E-state index in [1.807, 2.05) is 0 Å². The Hall–Kier alpha value is -3.71. The summed E-state index contributed by atoms with van der Waals surface area (Å²) in [7, 11) is 1.04. The summed E-state index contributed by atoms with van der Waals surface area (Å²) < 4.78 is 30.8. The summed E-state index contributed by atoms with van der Waals surface area (Å²) in [5.41, 5.74) is 0.895. The molecule has 2 N–H and O–H groups in total. The van der Waals surface area contributed by atoms with Gasteiger partial charge in [-0.05, 0) is 17.7 Å². The van der Waals surface area contributed by atoms with Crippen LogP contribution in [0.1, 0.15) is 26.3 Å². The van der Waals surface area contributed by atoms with Gasteiger partial charge in [0.25, 0.3) is 0 Å². The average Bonchev–Trinajstić information content (AvgIpc) is 2.76. The number of amides is 1. The Morgan fingerprint density at radius 1 is 0.853 bits per heavy atom. The number of hydrogen-bond acceptors (Lipinski definition) is 12. The molecule has 0 aromatic heterocycles. The van der Waals surface area contributed by atoms with Crippen molar-refractivity contribution in [3.8, 4) is 0 Å². The third-order valence-corrected chi connectivity index (χ3v) is 4.44. The largest absolute Gasteiger partial charge is 0.467 e.